The van der Waals surface area contributed by atoms with Crippen LogP contribution in [0.25, 0.3) is 0 Å². The van der Waals surface area contributed by atoms with Gasteiger partial charge in [-0.15, -0.1) is 0 Å². The largest absolute Gasteiger partial charge is 0.330 e. The van der Waals surface area contributed by atoms with Crippen LogP contribution >= 0.6 is 0 Å². The van der Waals surface area contributed by atoms with Crippen molar-refractivity contribution in [2.45, 2.75) is 33.2 Å². The fourth-order valence-corrected chi connectivity index (χ4v) is 2.57. The maximum Gasteiger partial charge on any atom is 0.324 e. The Morgan fingerprint density at radius 2 is 2.00 bits per heavy atom. The van der Waals surface area contributed by atoms with E-state index in [1.165, 1.54) is 5.56 Å². The highest BCUT2D eigenvalue weighted by atomic mass is 16.2. The first-order valence-electron chi connectivity index (χ1n) is 7.25. The number of hydrogen-bond acceptors (Lipinski definition) is 2. The van der Waals surface area contributed by atoms with Crippen LogP contribution in [0.1, 0.15) is 32.3 Å². The Labute approximate surface area is 121 Å². The lowest BCUT2D eigenvalue weighted by Crippen LogP contribution is -2.45. The Morgan fingerprint density at radius 1 is 1.30 bits per heavy atom. The number of fused-ring (bicyclic) bond motifs is 1. The number of hydrogen-bond donors (Lipinski definition) is 1. The minimum atomic E-state index is 0.0919. The molecule has 0 unspecified atom stereocenters. The predicted octanol–water partition coefficient (Wildman–Crippen LogP) is 2.82. The SMILES string of the molecule is CN1Cc2ccccc2N(CCCC(C)(C)CN)C1=O. The molecule has 0 aliphatic carbocycles. The quantitative estimate of drug-likeness (QED) is 0.898. The van der Waals surface area contributed by atoms with E-state index in [0.717, 1.165) is 25.1 Å². The lowest BCUT2D eigenvalue weighted by Gasteiger charge is -2.35. The number of amides is 2. The van der Waals surface area contributed by atoms with Crippen molar-refractivity contribution in [3.63, 3.8) is 0 Å². The number of nitrogens with zero attached hydrogens (tertiary/aromatic N) is 2. The van der Waals surface area contributed by atoms with Crippen LogP contribution in [0, 0.1) is 5.41 Å². The molecule has 20 heavy (non-hydrogen) atoms. The molecule has 0 radical (unpaired) electrons. The molecule has 4 nitrogen and oxygen atoms in total. The van der Waals surface area contributed by atoms with Gasteiger partial charge in [-0.3, -0.25) is 4.90 Å². The topological polar surface area (TPSA) is 49.6 Å². The first kappa shape index (κ1) is 14.9. The summed E-state index contributed by atoms with van der Waals surface area (Å²) in [5.74, 6) is 0. The normalized spacial score (nSPS) is 15.5. The van der Waals surface area contributed by atoms with Crippen LogP contribution in [-0.2, 0) is 6.54 Å². The first-order chi connectivity index (χ1) is 9.44. The molecular weight excluding hydrogens is 250 g/mol. The molecule has 0 atom stereocenters. The van der Waals surface area contributed by atoms with Crippen molar-refractivity contribution in [3.8, 4) is 0 Å². The van der Waals surface area contributed by atoms with Crippen molar-refractivity contribution in [1.82, 2.24) is 4.90 Å². The van der Waals surface area contributed by atoms with Gasteiger partial charge in [0.05, 0.1) is 5.69 Å². The van der Waals surface area contributed by atoms with Gasteiger partial charge in [0.1, 0.15) is 0 Å². The van der Waals surface area contributed by atoms with Crippen molar-refractivity contribution < 1.29 is 4.79 Å². The van der Waals surface area contributed by atoms with Crippen molar-refractivity contribution in [1.29, 1.82) is 0 Å². The molecule has 2 amide bonds. The van der Waals surface area contributed by atoms with E-state index in [2.05, 4.69) is 19.9 Å². The highest BCUT2D eigenvalue weighted by Gasteiger charge is 2.27. The first-order valence-corrected chi connectivity index (χ1v) is 7.25. The molecule has 0 spiro atoms. The summed E-state index contributed by atoms with van der Waals surface area (Å²) in [6.07, 6.45) is 2.00. The van der Waals surface area contributed by atoms with Gasteiger partial charge < -0.3 is 10.6 Å². The lowest BCUT2D eigenvalue weighted by molar-refractivity contribution is 0.209. The molecule has 0 saturated carbocycles. The zero-order valence-electron chi connectivity index (χ0n) is 12.7. The monoisotopic (exact) mass is 275 g/mol. The van der Waals surface area contributed by atoms with Crippen molar-refractivity contribution >= 4 is 11.7 Å². The van der Waals surface area contributed by atoms with Crippen molar-refractivity contribution in [2.75, 3.05) is 25.0 Å². The summed E-state index contributed by atoms with van der Waals surface area (Å²) < 4.78 is 0. The van der Waals surface area contributed by atoms with E-state index in [1.54, 1.807) is 4.90 Å². The molecule has 0 aromatic heterocycles. The number of carbonyl (C=O) groups excluding carboxylic acids is 1. The molecule has 0 fully saturated rings. The second-order valence-electron chi connectivity index (χ2n) is 6.39. The molecule has 2 rings (SSSR count). The third-order valence-electron chi connectivity index (χ3n) is 4.04. The number of rotatable bonds is 5. The fourth-order valence-electron chi connectivity index (χ4n) is 2.57. The van der Waals surface area contributed by atoms with Crippen molar-refractivity contribution in [3.05, 3.63) is 29.8 Å². The van der Waals surface area contributed by atoms with Gasteiger partial charge in [0.25, 0.3) is 0 Å². The van der Waals surface area contributed by atoms with Crippen LogP contribution in [0.15, 0.2) is 24.3 Å². The minimum absolute atomic E-state index is 0.0919. The summed E-state index contributed by atoms with van der Waals surface area (Å²) in [5.41, 5.74) is 8.18. The van der Waals surface area contributed by atoms with Crippen LogP contribution in [-0.4, -0.2) is 31.1 Å². The molecule has 0 bridgehead atoms. The fraction of sp³-hybridized carbons (Fsp3) is 0.562. The molecule has 2 N–H and O–H groups in total. The van der Waals surface area contributed by atoms with Gasteiger partial charge in [0.2, 0.25) is 0 Å². The molecule has 1 aliphatic rings. The maximum atomic E-state index is 12.3. The summed E-state index contributed by atoms with van der Waals surface area (Å²) in [4.78, 5) is 16.0. The molecule has 110 valence electrons. The highest BCUT2D eigenvalue weighted by Crippen LogP contribution is 2.29. The number of benzene rings is 1. The maximum absolute atomic E-state index is 12.3. The number of carbonyl (C=O) groups is 1. The van der Waals surface area contributed by atoms with E-state index < -0.39 is 0 Å². The van der Waals surface area contributed by atoms with Gasteiger partial charge in [-0.2, -0.15) is 0 Å². The van der Waals surface area contributed by atoms with Gasteiger partial charge >= 0.3 is 6.03 Å². The molecule has 1 aliphatic heterocycles. The Kier molecular flexibility index (Phi) is 4.33. The van der Waals surface area contributed by atoms with Crippen LogP contribution in [0.4, 0.5) is 10.5 Å². The summed E-state index contributed by atoms with van der Waals surface area (Å²) in [5, 5.41) is 0. The molecule has 1 aromatic rings. The van der Waals surface area contributed by atoms with Gasteiger partial charge in [-0.25, -0.2) is 4.79 Å². The third kappa shape index (κ3) is 3.12. The Morgan fingerprint density at radius 3 is 2.70 bits per heavy atom. The smallest absolute Gasteiger partial charge is 0.324 e. The van der Waals surface area contributed by atoms with E-state index in [0.29, 0.717) is 13.1 Å². The number of urea groups is 1. The zero-order chi connectivity index (χ0) is 14.8. The number of nitrogens with two attached hydrogens (primary N) is 1. The molecular formula is C16H25N3O. The van der Waals surface area contributed by atoms with Gasteiger partial charge in [-0.05, 0) is 36.4 Å². The minimum Gasteiger partial charge on any atom is -0.330 e. The van der Waals surface area contributed by atoms with E-state index in [9.17, 15) is 4.79 Å². The van der Waals surface area contributed by atoms with E-state index in [1.807, 2.05) is 30.1 Å². The third-order valence-corrected chi connectivity index (χ3v) is 4.04. The summed E-state index contributed by atoms with van der Waals surface area (Å²) in [7, 11) is 1.86. The standard InChI is InChI=1S/C16H25N3O/c1-16(2,12-17)9-6-10-19-14-8-5-4-7-13(14)11-18(3)15(19)20/h4-5,7-8H,6,9-12,17H2,1-3H3. The number of para-hydroxylation sites is 1. The van der Waals surface area contributed by atoms with E-state index >= 15 is 0 Å². The van der Waals surface area contributed by atoms with Gasteiger partial charge in [0.15, 0.2) is 0 Å². The second kappa shape index (κ2) is 5.83. The molecule has 0 saturated heterocycles. The van der Waals surface area contributed by atoms with Crippen LogP contribution in [0.5, 0.6) is 0 Å². The predicted molar refractivity (Wildman–Crippen MR) is 82.7 cm³/mol. The summed E-state index contributed by atoms with van der Waals surface area (Å²) in [6.45, 7) is 6.47. The van der Waals surface area contributed by atoms with Crippen LogP contribution < -0.4 is 10.6 Å². The summed E-state index contributed by atoms with van der Waals surface area (Å²) >= 11 is 0. The molecule has 1 heterocycles. The lowest BCUT2D eigenvalue weighted by atomic mass is 9.88. The Hall–Kier alpha value is -1.55. The Balaban J connectivity index is 2.08. The summed E-state index contributed by atoms with van der Waals surface area (Å²) in [6, 6.07) is 8.24. The molecule has 1 aromatic carbocycles. The average Bonchev–Trinajstić information content (AvgIpc) is 2.43. The molecule has 4 heteroatoms. The van der Waals surface area contributed by atoms with E-state index in [-0.39, 0.29) is 11.4 Å². The van der Waals surface area contributed by atoms with Crippen molar-refractivity contribution in [2.24, 2.45) is 11.1 Å². The Bertz CT molecular complexity index is 484. The zero-order valence-corrected chi connectivity index (χ0v) is 12.7. The van der Waals surface area contributed by atoms with E-state index in [4.69, 9.17) is 5.73 Å². The van der Waals surface area contributed by atoms with Crippen LogP contribution in [0.3, 0.4) is 0 Å². The second-order valence-corrected chi connectivity index (χ2v) is 6.39. The van der Waals surface area contributed by atoms with Crippen LogP contribution in [0.2, 0.25) is 0 Å². The number of anilines is 1. The highest BCUT2D eigenvalue weighted by molar-refractivity contribution is 5.94. The van der Waals surface area contributed by atoms with Gasteiger partial charge in [-0.1, -0.05) is 32.0 Å². The van der Waals surface area contributed by atoms with Gasteiger partial charge in [0, 0.05) is 20.1 Å². The average molecular weight is 275 g/mol.